The molecular weight excluding hydrogens is 184 g/mol. The maximum atomic E-state index is 11.6. The van der Waals surface area contributed by atoms with Crippen molar-refractivity contribution in [3.8, 4) is 0 Å². The lowest BCUT2D eigenvalue weighted by Crippen LogP contribution is -2.12. The molecule has 2 aromatic rings. The van der Waals surface area contributed by atoms with E-state index in [1.807, 2.05) is 5.27 Å². The van der Waals surface area contributed by atoms with E-state index in [1.54, 1.807) is 30.3 Å². The van der Waals surface area contributed by atoms with Crippen molar-refractivity contribution in [1.82, 2.24) is 10.4 Å². The van der Waals surface area contributed by atoms with Crippen molar-refractivity contribution in [2.45, 2.75) is 0 Å². The molecule has 0 atom stereocenters. The third-order valence-corrected chi connectivity index (χ3v) is 1.74. The summed E-state index contributed by atoms with van der Waals surface area (Å²) >= 11 is 0. The van der Waals surface area contributed by atoms with Crippen molar-refractivity contribution in [3.63, 3.8) is 0 Å². The van der Waals surface area contributed by atoms with E-state index in [2.05, 4.69) is 9.62 Å². The number of hydrogen-bond donors (Lipinski definition) is 1. The molecule has 0 amide bonds. The van der Waals surface area contributed by atoms with Gasteiger partial charge in [0.2, 0.25) is 11.5 Å². The Balaban J connectivity index is 2.44. The Morgan fingerprint density at radius 3 is 2.57 bits per heavy atom. The molecule has 0 radical (unpaired) electrons. The minimum absolute atomic E-state index is 0.226. The minimum Gasteiger partial charge on any atom is -0.319 e. The molecule has 0 aliphatic rings. The predicted octanol–water partition coefficient (Wildman–Crippen LogP) is 0.594. The van der Waals surface area contributed by atoms with Crippen LogP contribution in [0, 0.1) is 0 Å². The third-order valence-electron chi connectivity index (χ3n) is 1.74. The number of carbonyl (C=O) groups excluding carboxylic acids is 1. The van der Waals surface area contributed by atoms with E-state index in [-0.39, 0.29) is 5.69 Å². The minimum atomic E-state index is -0.751. The standard InChI is InChI=1S/C9H6N2O3/c12-8(6-4-2-1-3-5-6)7-9(13)14-11-10-7/h1-5,11H. The van der Waals surface area contributed by atoms with Crippen LogP contribution in [-0.4, -0.2) is 16.2 Å². The molecule has 0 aliphatic carbocycles. The van der Waals surface area contributed by atoms with E-state index in [1.165, 1.54) is 0 Å². The predicted molar refractivity (Wildman–Crippen MR) is 47.0 cm³/mol. The van der Waals surface area contributed by atoms with Gasteiger partial charge >= 0.3 is 5.63 Å². The second-order valence-corrected chi connectivity index (χ2v) is 2.64. The van der Waals surface area contributed by atoms with Crippen molar-refractivity contribution >= 4 is 5.78 Å². The molecule has 0 fully saturated rings. The van der Waals surface area contributed by atoms with Crippen molar-refractivity contribution in [1.29, 1.82) is 0 Å². The Bertz CT molecular complexity index is 498. The van der Waals surface area contributed by atoms with Crippen LogP contribution in [-0.2, 0) is 0 Å². The van der Waals surface area contributed by atoms with E-state index in [0.717, 1.165) is 0 Å². The molecule has 0 bridgehead atoms. The van der Waals surface area contributed by atoms with Crippen molar-refractivity contribution in [2.24, 2.45) is 0 Å². The lowest BCUT2D eigenvalue weighted by molar-refractivity contribution is 0.103. The van der Waals surface area contributed by atoms with Crippen LogP contribution in [0.3, 0.4) is 0 Å². The Hall–Kier alpha value is -2.17. The number of carbonyl (C=O) groups is 1. The average molecular weight is 190 g/mol. The lowest BCUT2D eigenvalue weighted by Gasteiger charge is -1.92. The Labute approximate surface area is 78.3 Å². The lowest BCUT2D eigenvalue weighted by atomic mass is 10.1. The van der Waals surface area contributed by atoms with Gasteiger partial charge in [0.05, 0.1) is 0 Å². The van der Waals surface area contributed by atoms with Crippen LogP contribution >= 0.6 is 0 Å². The first-order valence-corrected chi connectivity index (χ1v) is 3.92. The van der Waals surface area contributed by atoms with Crippen LogP contribution in [0.2, 0.25) is 0 Å². The number of aromatic amines is 1. The molecule has 1 N–H and O–H groups in total. The molecule has 5 nitrogen and oxygen atoms in total. The summed E-state index contributed by atoms with van der Waals surface area (Å²) in [5.74, 6) is -0.444. The van der Waals surface area contributed by atoms with Gasteiger partial charge in [-0.15, -0.1) is 10.4 Å². The fourth-order valence-corrected chi connectivity index (χ4v) is 1.07. The summed E-state index contributed by atoms with van der Waals surface area (Å²) in [5, 5.41) is 5.43. The highest BCUT2D eigenvalue weighted by Crippen LogP contribution is 2.03. The molecule has 1 aromatic heterocycles. The molecule has 2 rings (SSSR count). The van der Waals surface area contributed by atoms with Crippen molar-refractivity contribution < 1.29 is 9.32 Å². The van der Waals surface area contributed by atoms with Gasteiger partial charge < -0.3 is 4.52 Å². The van der Waals surface area contributed by atoms with Crippen LogP contribution in [0.1, 0.15) is 16.1 Å². The van der Waals surface area contributed by atoms with E-state index in [4.69, 9.17) is 0 Å². The van der Waals surface area contributed by atoms with Crippen molar-refractivity contribution in [2.75, 3.05) is 0 Å². The number of ketones is 1. The van der Waals surface area contributed by atoms with Gasteiger partial charge in [0.15, 0.2) is 0 Å². The van der Waals surface area contributed by atoms with E-state index < -0.39 is 11.4 Å². The normalized spacial score (nSPS) is 10.0. The summed E-state index contributed by atoms with van der Waals surface area (Å²) in [6.45, 7) is 0. The Morgan fingerprint density at radius 1 is 1.29 bits per heavy atom. The van der Waals surface area contributed by atoms with Gasteiger partial charge in [-0.1, -0.05) is 30.3 Å². The largest absolute Gasteiger partial charge is 0.389 e. The number of nitrogens with zero attached hydrogens (tertiary/aromatic N) is 1. The molecule has 0 saturated carbocycles. The highest BCUT2D eigenvalue weighted by atomic mass is 16.5. The van der Waals surface area contributed by atoms with E-state index >= 15 is 0 Å². The second-order valence-electron chi connectivity index (χ2n) is 2.64. The molecule has 0 spiro atoms. The SMILES string of the molecule is O=C(c1ccccc1)c1n[nH]oc1=O. The van der Waals surface area contributed by atoms with Gasteiger partial charge in [0, 0.05) is 5.56 Å². The molecule has 0 saturated heterocycles. The van der Waals surface area contributed by atoms with Gasteiger partial charge in [0.25, 0.3) is 0 Å². The summed E-state index contributed by atoms with van der Waals surface area (Å²) in [6, 6.07) is 8.42. The van der Waals surface area contributed by atoms with Gasteiger partial charge in [-0.3, -0.25) is 4.79 Å². The number of aromatic nitrogens is 2. The maximum Gasteiger partial charge on any atom is 0.389 e. The number of rotatable bonds is 2. The Morgan fingerprint density at radius 2 is 2.00 bits per heavy atom. The van der Waals surface area contributed by atoms with Gasteiger partial charge in [0.1, 0.15) is 0 Å². The van der Waals surface area contributed by atoms with Crippen LogP contribution < -0.4 is 5.63 Å². The van der Waals surface area contributed by atoms with Crippen LogP contribution in [0.4, 0.5) is 0 Å². The molecule has 70 valence electrons. The fraction of sp³-hybridized carbons (Fsp3) is 0. The molecule has 0 aliphatic heterocycles. The molecule has 1 heterocycles. The number of H-pyrrole nitrogens is 1. The number of nitrogens with one attached hydrogen (secondary N) is 1. The Kier molecular flexibility index (Phi) is 1.98. The highest BCUT2D eigenvalue weighted by molar-refractivity contribution is 6.07. The maximum absolute atomic E-state index is 11.6. The molecule has 0 unspecified atom stereocenters. The highest BCUT2D eigenvalue weighted by Gasteiger charge is 2.16. The molecule has 14 heavy (non-hydrogen) atoms. The van der Waals surface area contributed by atoms with Crippen LogP contribution in [0.5, 0.6) is 0 Å². The summed E-state index contributed by atoms with van der Waals surface area (Å²) in [5.41, 5.74) is -0.568. The zero-order valence-corrected chi connectivity index (χ0v) is 7.06. The first-order chi connectivity index (χ1) is 6.79. The van der Waals surface area contributed by atoms with Gasteiger partial charge in [-0.05, 0) is 0 Å². The average Bonchev–Trinajstić information content (AvgIpc) is 2.65. The molecular formula is C9H6N2O3. The summed E-state index contributed by atoms with van der Waals surface area (Å²) < 4.78 is 4.29. The number of benzene rings is 1. The van der Waals surface area contributed by atoms with Crippen molar-refractivity contribution in [3.05, 3.63) is 52.0 Å². The second kappa shape index (κ2) is 3.29. The molecule has 5 heteroatoms. The monoisotopic (exact) mass is 190 g/mol. The number of hydrogen-bond acceptors (Lipinski definition) is 4. The zero-order chi connectivity index (χ0) is 9.97. The smallest absolute Gasteiger partial charge is 0.319 e. The zero-order valence-electron chi connectivity index (χ0n) is 7.06. The van der Waals surface area contributed by atoms with Gasteiger partial charge in [-0.2, -0.15) is 0 Å². The first kappa shape index (κ1) is 8.43. The van der Waals surface area contributed by atoms with E-state index in [0.29, 0.717) is 5.56 Å². The summed E-state index contributed by atoms with van der Waals surface area (Å²) in [7, 11) is 0. The topological polar surface area (TPSA) is 76.0 Å². The summed E-state index contributed by atoms with van der Waals surface area (Å²) in [4.78, 5) is 22.5. The van der Waals surface area contributed by atoms with Gasteiger partial charge in [-0.25, -0.2) is 4.79 Å². The van der Waals surface area contributed by atoms with E-state index in [9.17, 15) is 9.59 Å². The fourth-order valence-electron chi connectivity index (χ4n) is 1.07. The van der Waals surface area contributed by atoms with Crippen LogP contribution in [0.25, 0.3) is 0 Å². The quantitative estimate of drug-likeness (QED) is 0.703. The molecule has 1 aromatic carbocycles. The third kappa shape index (κ3) is 1.35. The summed E-state index contributed by atoms with van der Waals surface area (Å²) in [6.07, 6.45) is 0. The first-order valence-electron chi connectivity index (χ1n) is 3.92. The van der Waals surface area contributed by atoms with Crippen LogP contribution in [0.15, 0.2) is 39.6 Å².